The Morgan fingerprint density at radius 1 is 1.10 bits per heavy atom. The van der Waals surface area contributed by atoms with Crippen LogP contribution in [0.3, 0.4) is 0 Å². The maximum atomic E-state index is 13.6. The molecule has 0 atom stereocenters. The summed E-state index contributed by atoms with van der Waals surface area (Å²) < 4.78 is 0. The van der Waals surface area contributed by atoms with Gasteiger partial charge in [0.15, 0.2) is 0 Å². The van der Waals surface area contributed by atoms with Crippen LogP contribution in [0.2, 0.25) is 5.02 Å². The fraction of sp³-hybridized carbons (Fsp3) is 0.348. The minimum Gasteiger partial charge on any atom is -0.303 e. The monoisotopic (exact) mass is 425 g/mol. The van der Waals surface area contributed by atoms with E-state index in [9.17, 15) is 4.79 Å². The Morgan fingerprint density at radius 3 is 2.31 bits per heavy atom. The molecule has 0 unspecified atom stereocenters. The number of rotatable bonds is 3. The number of hydrogen-bond acceptors (Lipinski definition) is 4. The van der Waals surface area contributed by atoms with Gasteiger partial charge in [-0.15, -0.1) is 0 Å². The molecule has 1 saturated heterocycles. The molecule has 1 amide bonds. The fourth-order valence-electron chi connectivity index (χ4n) is 4.07. The summed E-state index contributed by atoms with van der Waals surface area (Å²) in [6, 6.07) is 15.2. The van der Waals surface area contributed by atoms with E-state index in [1.165, 1.54) is 0 Å². The highest BCUT2D eigenvalue weighted by molar-refractivity contribution is 7.82. The highest BCUT2D eigenvalue weighted by atomic mass is 35.5. The minimum absolute atomic E-state index is 0.0762. The third-order valence-corrected chi connectivity index (χ3v) is 6.49. The van der Waals surface area contributed by atoms with E-state index in [2.05, 4.69) is 11.8 Å². The van der Waals surface area contributed by atoms with Gasteiger partial charge in [0.05, 0.1) is 0 Å². The van der Waals surface area contributed by atoms with Crippen LogP contribution in [0.15, 0.2) is 53.5 Å². The second kappa shape index (κ2) is 7.98. The summed E-state index contributed by atoms with van der Waals surface area (Å²) in [7, 11) is 0. The lowest BCUT2D eigenvalue weighted by Gasteiger charge is -2.42. The second-order valence-electron chi connectivity index (χ2n) is 7.70. The number of thiocarbonyl (C=S) groups is 1. The Labute approximate surface area is 182 Å². The van der Waals surface area contributed by atoms with E-state index < -0.39 is 5.66 Å². The molecule has 0 saturated carbocycles. The average molecular weight is 426 g/mol. The topological polar surface area (TPSA) is 35.9 Å². The zero-order chi connectivity index (χ0) is 20.6. The molecule has 2 aromatic rings. The number of aliphatic imine (C=N–C) groups is 1. The Kier molecular flexibility index (Phi) is 5.56. The maximum Gasteiger partial charge on any atom is 0.260 e. The average Bonchev–Trinajstić information content (AvgIpc) is 3.01. The quantitative estimate of drug-likeness (QED) is 0.667. The van der Waals surface area contributed by atoms with Crippen molar-refractivity contribution in [2.24, 2.45) is 4.99 Å². The molecule has 0 aromatic heterocycles. The molecule has 29 heavy (non-hydrogen) atoms. The van der Waals surface area contributed by atoms with Crippen LogP contribution in [-0.2, 0) is 0 Å². The number of benzene rings is 2. The fourth-order valence-corrected chi connectivity index (χ4v) is 4.61. The van der Waals surface area contributed by atoms with E-state index in [0.29, 0.717) is 21.3 Å². The van der Waals surface area contributed by atoms with Crippen LogP contribution < -0.4 is 0 Å². The van der Waals surface area contributed by atoms with Crippen LogP contribution in [0.4, 0.5) is 0 Å². The molecule has 0 N–H and O–H groups in total. The van der Waals surface area contributed by atoms with Gasteiger partial charge in [-0.05, 0) is 37.7 Å². The molecule has 150 valence electrons. The van der Waals surface area contributed by atoms with Gasteiger partial charge in [0, 0.05) is 42.1 Å². The molecule has 1 spiro atoms. The molecule has 2 heterocycles. The van der Waals surface area contributed by atoms with Crippen LogP contribution in [0.1, 0.15) is 41.3 Å². The first-order valence-electron chi connectivity index (χ1n) is 9.97. The van der Waals surface area contributed by atoms with Gasteiger partial charge in [-0.3, -0.25) is 14.7 Å². The third kappa shape index (κ3) is 3.75. The van der Waals surface area contributed by atoms with Gasteiger partial charge < -0.3 is 4.90 Å². The molecule has 0 radical (unpaired) electrons. The summed E-state index contributed by atoms with van der Waals surface area (Å²) in [4.78, 5) is 23.3. The summed E-state index contributed by atoms with van der Waals surface area (Å²) in [5.41, 5.74) is 2.76. The highest BCUT2D eigenvalue weighted by Gasteiger charge is 2.49. The van der Waals surface area contributed by atoms with Gasteiger partial charge in [0.25, 0.3) is 5.91 Å². The zero-order valence-corrected chi connectivity index (χ0v) is 18.3. The molecule has 0 aliphatic carbocycles. The molecule has 2 aliphatic heterocycles. The predicted octanol–water partition coefficient (Wildman–Crippen LogP) is 4.73. The number of aryl methyl sites for hydroxylation is 1. The van der Waals surface area contributed by atoms with Gasteiger partial charge in [0.2, 0.25) is 0 Å². The number of hydrogen-bond donors (Lipinski definition) is 0. The molecule has 4 nitrogen and oxygen atoms in total. The van der Waals surface area contributed by atoms with Gasteiger partial charge in [-0.2, -0.15) is 0 Å². The van der Waals surface area contributed by atoms with Crippen molar-refractivity contribution in [3.63, 3.8) is 0 Å². The number of carbonyl (C=O) groups excluding carboxylic acids is 1. The Bertz CT molecular complexity index is 961. The number of amides is 1. The highest BCUT2D eigenvalue weighted by Crippen LogP contribution is 2.38. The summed E-state index contributed by atoms with van der Waals surface area (Å²) in [5.74, 6) is -0.0762. The number of likely N-dealkylation sites (tertiary alicyclic amines) is 1. The number of halogens is 1. The van der Waals surface area contributed by atoms with E-state index in [0.717, 1.165) is 43.6 Å². The molecule has 0 bridgehead atoms. The van der Waals surface area contributed by atoms with E-state index in [1.807, 2.05) is 55.5 Å². The largest absolute Gasteiger partial charge is 0.303 e. The Morgan fingerprint density at radius 2 is 1.72 bits per heavy atom. The summed E-state index contributed by atoms with van der Waals surface area (Å²) in [5, 5.41) is 0.664. The molecule has 2 aromatic carbocycles. The van der Waals surface area contributed by atoms with Crippen molar-refractivity contribution in [3.05, 3.63) is 70.2 Å². The van der Waals surface area contributed by atoms with Crippen molar-refractivity contribution in [1.29, 1.82) is 0 Å². The van der Waals surface area contributed by atoms with Gasteiger partial charge >= 0.3 is 0 Å². The Hall–Kier alpha value is -2.08. The lowest BCUT2D eigenvalue weighted by Crippen LogP contribution is -2.55. The predicted molar refractivity (Wildman–Crippen MR) is 122 cm³/mol. The lowest BCUT2D eigenvalue weighted by atomic mass is 9.95. The van der Waals surface area contributed by atoms with E-state index in [4.69, 9.17) is 28.8 Å². The maximum absolute atomic E-state index is 13.6. The molecular weight excluding hydrogens is 402 g/mol. The first-order valence-corrected chi connectivity index (χ1v) is 10.8. The SMILES string of the molecule is CCN1CCC2(CC1)N=C(c1ccc(Cl)cc1)C(=S)N2C(=O)c1ccc(C)cc1. The molecule has 4 rings (SSSR count). The summed E-state index contributed by atoms with van der Waals surface area (Å²) in [6.07, 6.45) is 1.55. The smallest absolute Gasteiger partial charge is 0.260 e. The van der Waals surface area contributed by atoms with Crippen molar-refractivity contribution in [3.8, 4) is 0 Å². The standard InChI is InChI=1S/C23H24ClN3OS/c1-3-26-14-12-23(13-15-26)25-20(17-8-10-19(24)11-9-17)22(29)27(23)21(28)18-6-4-16(2)5-7-18/h4-11H,3,12-15H2,1-2H3. The minimum atomic E-state index is -0.611. The van der Waals surface area contributed by atoms with Crippen molar-refractivity contribution in [2.45, 2.75) is 32.4 Å². The number of carbonyl (C=O) groups is 1. The van der Waals surface area contributed by atoms with Crippen molar-refractivity contribution >= 4 is 40.4 Å². The third-order valence-electron chi connectivity index (χ3n) is 5.87. The van der Waals surface area contributed by atoms with Crippen LogP contribution in [0, 0.1) is 6.92 Å². The summed E-state index contributed by atoms with van der Waals surface area (Å²) >= 11 is 11.9. The number of nitrogens with zero attached hydrogens (tertiary/aromatic N) is 3. The van der Waals surface area contributed by atoms with Crippen LogP contribution in [0.25, 0.3) is 0 Å². The van der Waals surface area contributed by atoms with Crippen LogP contribution in [0.5, 0.6) is 0 Å². The van der Waals surface area contributed by atoms with E-state index in [1.54, 1.807) is 4.90 Å². The van der Waals surface area contributed by atoms with Crippen molar-refractivity contribution < 1.29 is 4.79 Å². The van der Waals surface area contributed by atoms with Gasteiger partial charge in [-0.25, -0.2) is 0 Å². The second-order valence-corrected chi connectivity index (χ2v) is 8.52. The van der Waals surface area contributed by atoms with E-state index >= 15 is 0 Å². The van der Waals surface area contributed by atoms with Crippen LogP contribution in [-0.4, -0.2) is 51.7 Å². The first-order chi connectivity index (χ1) is 13.9. The lowest BCUT2D eigenvalue weighted by molar-refractivity contribution is 0.0544. The molecular formula is C23H24ClN3OS. The van der Waals surface area contributed by atoms with Crippen LogP contribution >= 0.6 is 23.8 Å². The molecule has 6 heteroatoms. The van der Waals surface area contributed by atoms with Crippen molar-refractivity contribution in [2.75, 3.05) is 19.6 Å². The summed E-state index contributed by atoms with van der Waals surface area (Å²) in [6.45, 7) is 6.97. The Balaban J connectivity index is 1.74. The van der Waals surface area contributed by atoms with Crippen molar-refractivity contribution in [1.82, 2.24) is 9.80 Å². The zero-order valence-electron chi connectivity index (χ0n) is 16.7. The van der Waals surface area contributed by atoms with Gasteiger partial charge in [-0.1, -0.05) is 60.6 Å². The normalized spacial score (nSPS) is 18.9. The number of piperidine rings is 1. The molecule has 1 fully saturated rings. The van der Waals surface area contributed by atoms with Gasteiger partial charge in [0.1, 0.15) is 16.4 Å². The van der Waals surface area contributed by atoms with E-state index in [-0.39, 0.29) is 5.91 Å². The molecule has 2 aliphatic rings. The first kappa shape index (κ1) is 20.2.